The van der Waals surface area contributed by atoms with Gasteiger partial charge in [0.1, 0.15) is 16.7 Å². The summed E-state index contributed by atoms with van der Waals surface area (Å²) in [6.07, 6.45) is 0. The molecule has 0 atom stereocenters. The summed E-state index contributed by atoms with van der Waals surface area (Å²) < 4.78 is 0. The summed E-state index contributed by atoms with van der Waals surface area (Å²) in [5, 5.41) is 18.4. The highest BCUT2D eigenvalue weighted by molar-refractivity contribution is 5.39. The topological polar surface area (TPSA) is 93.7 Å². The van der Waals surface area contributed by atoms with Crippen LogP contribution in [0.5, 0.6) is 5.75 Å². The minimum Gasteiger partial charge on any atom is -0.508 e. The van der Waals surface area contributed by atoms with Crippen LogP contribution in [0.2, 0.25) is 0 Å². The highest BCUT2D eigenvalue weighted by atomic mass is 16.3. The third kappa shape index (κ3) is 2.28. The second kappa shape index (κ2) is 3.95. The second-order valence-corrected chi connectivity index (χ2v) is 1.88. The molecule has 0 aliphatic heterocycles. The summed E-state index contributed by atoms with van der Waals surface area (Å²) in [5.74, 6) is 0.151. The molecule has 1 N–H and O–H groups in total. The predicted molar refractivity (Wildman–Crippen MR) is 41.8 cm³/mol. The van der Waals surface area contributed by atoms with E-state index in [2.05, 4.69) is 20.5 Å². The molecule has 1 rings (SSSR count). The summed E-state index contributed by atoms with van der Waals surface area (Å²) in [6.45, 7) is 0. The van der Waals surface area contributed by atoms with Gasteiger partial charge in [0.2, 0.25) is 0 Å². The van der Waals surface area contributed by atoms with E-state index in [-0.39, 0.29) is 5.75 Å². The fraction of sp³-hybridized carbons (Fsp3) is 0. The van der Waals surface area contributed by atoms with Crippen LogP contribution in [0.4, 0.5) is 5.69 Å². The van der Waals surface area contributed by atoms with Gasteiger partial charge in [-0.1, -0.05) is 0 Å². The minimum absolute atomic E-state index is 0.151. The monoisotopic (exact) mass is 163 g/mol. The molecule has 6 nitrogen and oxygen atoms in total. The van der Waals surface area contributed by atoms with Gasteiger partial charge < -0.3 is 5.11 Å². The molecular weight excluding hydrogens is 158 g/mol. The van der Waals surface area contributed by atoms with Crippen molar-refractivity contribution in [2.75, 3.05) is 0 Å². The molecular formula is C6H5N5O. The van der Waals surface area contributed by atoms with Crippen molar-refractivity contribution in [3.63, 3.8) is 0 Å². The maximum absolute atomic E-state index is 8.87. The van der Waals surface area contributed by atoms with Crippen molar-refractivity contribution in [2.45, 2.75) is 0 Å². The van der Waals surface area contributed by atoms with Crippen LogP contribution in [0.25, 0.3) is 10.4 Å². The molecule has 1 aromatic carbocycles. The quantitative estimate of drug-likeness (QED) is 0.308. The van der Waals surface area contributed by atoms with E-state index in [1.807, 2.05) is 0 Å². The molecule has 0 aromatic heterocycles. The maximum Gasteiger partial charge on any atom is 0.115 e. The normalized spacial score (nSPS) is 9.67. The van der Waals surface area contributed by atoms with E-state index in [0.29, 0.717) is 5.69 Å². The molecule has 0 amide bonds. The van der Waals surface area contributed by atoms with Gasteiger partial charge in [0.25, 0.3) is 0 Å². The molecule has 0 spiro atoms. The van der Waals surface area contributed by atoms with Gasteiger partial charge in [-0.2, -0.15) is 4.91 Å². The van der Waals surface area contributed by atoms with E-state index < -0.39 is 0 Å². The van der Waals surface area contributed by atoms with Gasteiger partial charge in [-0.25, -0.2) is 0 Å². The Morgan fingerprint density at radius 3 is 2.50 bits per heavy atom. The molecule has 0 saturated heterocycles. The first-order valence-electron chi connectivity index (χ1n) is 3.07. The number of nitrogens with zero attached hydrogens (tertiary/aromatic N) is 5. The molecule has 0 unspecified atom stereocenters. The number of azide groups is 1. The Balaban J connectivity index is 2.77. The van der Waals surface area contributed by atoms with Gasteiger partial charge in [0, 0.05) is 0 Å². The number of aromatic hydroxyl groups is 1. The van der Waals surface area contributed by atoms with Crippen molar-refractivity contribution in [3.8, 4) is 5.75 Å². The van der Waals surface area contributed by atoms with Gasteiger partial charge in [-0.15, -0.1) is 5.53 Å². The first-order chi connectivity index (χ1) is 5.83. The molecule has 12 heavy (non-hydrogen) atoms. The van der Waals surface area contributed by atoms with Crippen LogP contribution in [0.1, 0.15) is 0 Å². The Morgan fingerprint density at radius 2 is 1.92 bits per heavy atom. The van der Waals surface area contributed by atoms with Crippen molar-refractivity contribution in [2.24, 2.45) is 15.6 Å². The molecule has 0 aliphatic rings. The van der Waals surface area contributed by atoms with Gasteiger partial charge in [-0.3, -0.25) is 0 Å². The number of phenolic OH excluding ortho intramolecular Hbond substituents is 1. The van der Waals surface area contributed by atoms with Crippen LogP contribution in [0.3, 0.4) is 0 Å². The van der Waals surface area contributed by atoms with Crippen molar-refractivity contribution in [1.29, 1.82) is 0 Å². The third-order valence-electron chi connectivity index (χ3n) is 1.09. The van der Waals surface area contributed by atoms with E-state index in [4.69, 9.17) is 10.6 Å². The van der Waals surface area contributed by atoms with Crippen LogP contribution in [-0.4, -0.2) is 5.11 Å². The number of hydrogen-bond donors (Lipinski definition) is 1. The first-order valence-corrected chi connectivity index (χ1v) is 3.07. The lowest BCUT2D eigenvalue weighted by Gasteiger charge is -1.88. The average Bonchev–Trinajstić information content (AvgIpc) is 2.09. The van der Waals surface area contributed by atoms with E-state index in [1.54, 1.807) is 12.1 Å². The van der Waals surface area contributed by atoms with Crippen molar-refractivity contribution in [3.05, 3.63) is 34.7 Å². The largest absolute Gasteiger partial charge is 0.508 e. The molecule has 0 aliphatic carbocycles. The molecule has 1 aromatic rings. The smallest absolute Gasteiger partial charge is 0.115 e. The molecule has 0 bridgehead atoms. The second-order valence-electron chi connectivity index (χ2n) is 1.88. The van der Waals surface area contributed by atoms with E-state index in [9.17, 15) is 0 Å². The van der Waals surface area contributed by atoms with Crippen LogP contribution in [0, 0.1) is 0 Å². The van der Waals surface area contributed by atoms with E-state index in [1.165, 1.54) is 12.1 Å². The van der Waals surface area contributed by atoms with E-state index >= 15 is 0 Å². The lowest BCUT2D eigenvalue weighted by atomic mass is 10.3. The summed E-state index contributed by atoms with van der Waals surface area (Å²) in [5.41, 5.74) is 8.37. The fourth-order valence-electron chi connectivity index (χ4n) is 0.609. The lowest BCUT2D eigenvalue weighted by molar-refractivity contribution is 0.475. The summed E-state index contributed by atoms with van der Waals surface area (Å²) in [4.78, 5) is 2.38. The zero-order valence-corrected chi connectivity index (χ0v) is 5.99. The Bertz CT molecular complexity index is 324. The predicted octanol–water partition coefficient (Wildman–Crippen LogP) is 2.70. The highest BCUT2D eigenvalue weighted by Crippen LogP contribution is 2.16. The average molecular weight is 163 g/mol. The van der Waals surface area contributed by atoms with Gasteiger partial charge in [-0.05, 0) is 29.4 Å². The first kappa shape index (κ1) is 8.03. The molecule has 0 saturated carbocycles. The summed E-state index contributed by atoms with van der Waals surface area (Å²) in [7, 11) is 0. The van der Waals surface area contributed by atoms with Gasteiger partial charge in [0.05, 0.1) is 5.22 Å². The zero-order valence-electron chi connectivity index (χ0n) is 5.99. The number of rotatable bonds is 2. The highest BCUT2D eigenvalue weighted by Gasteiger charge is 1.90. The molecule has 6 heteroatoms. The minimum atomic E-state index is 0.151. The Morgan fingerprint density at radius 1 is 1.25 bits per heavy atom. The standard InChI is InChI=1S/C6H5N5O/c7-9-11-10-8-5-1-3-6(12)4-2-5/h1-4,12H. The van der Waals surface area contributed by atoms with Gasteiger partial charge in [0.15, 0.2) is 0 Å². The van der Waals surface area contributed by atoms with Crippen LogP contribution in [-0.2, 0) is 0 Å². The number of benzene rings is 1. The SMILES string of the molecule is [N-]=[N+]=NN=Nc1ccc(O)cc1. The molecule has 0 radical (unpaired) electrons. The summed E-state index contributed by atoms with van der Waals surface area (Å²) >= 11 is 0. The Labute approximate surface area is 67.8 Å². The van der Waals surface area contributed by atoms with Gasteiger partial charge >= 0.3 is 0 Å². The maximum atomic E-state index is 8.87. The molecule has 0 fully saturated rings. The Kier molecular flexibility index (Phi) is 2.64. The number of hydrogen-bond acceptors (Lipinski definition) is 2. The Hall–Kier alpha value is -2.07. The van der Waals surface area contributed by atoms with Crippen LogP contribution >= 0.6 is 0 Å². The zero-order chi connectivity index (χ0) is 8.81. The fourth-order valence-corrected chi connectivity index (χ4v) is 0.609. The third-order valence-corrected chi connectivity index (χ3v) is 1.09. The lowest BCUT2D eigenvalue weighted by Crippen LogP contribution is -1.62. The van der Waals surface area contributed by atoms with E-state index in [0.717, 1.165) is 0 Å². The van der Waals surface area contributed by atoms with Crippen LogP contribution in [0.15, 0.2) is 39.8 Å². The van der Waals surface area contributed by atoms with Crippen LogP contribution < -0.4 is 0 Å². The molecule has 60 valence electrons. The number of phenols is 1. The summed E-state index contributed by atoms with van der Waals surface area (Å²) in [6, 6.07) is 6.02. The van der Waals surface area contributed by atoms with Crippen molar-refractivity contribution < 1.29 is 5.11 Å². The molecule has 0 heterocycles. The van der Waals surface area contributed by atoms with Crippen molar-refractivity contribution >= 4 is 5.69 Å². The van der Waals surface area contributed by atoms with Crippen molar-refractivity contribution in [1.82, 2.24) is 0 Å².